The van der Waals surface area contributed by atoms with Gasteiger partial charge in [0.1, 0.15) is 6.10 Å². The van der Waals surface area contributed by atoms with Crippen molar-refractivity contribution < 1.29 is 14.7 Å². The van der Waals surface area contributed by atoms with Crippen molar-refractivity contribution in [1.29, 1.82) is 0 Å². The molecule has 4 nitrogen and oxygen atoms in total. The third-order valence-electron chi connectivity index (χ3n) is 1.64. The lowest BCUT2D eigenvalue weighted by Gasteiger charge is -2.09. The second kappa shape index (κ2) is 5.70. The summed E-state index contributed by atoms with van der Waals surface area (Å²) in [5.74, 6) is -0.366. The molecule has 0 aliphatic rings. The highest BCUT2D eigenvalue weighted by Crippen LogP contribution is 2.05. The van der Waals surface area contributed by atoms with E-state index in [1.807, 2.05) is 13.8 Å². The number of hydrogen-bond donors (Lipinski definition) is 2. The van der Waals surface area contributed by atoms with Crippen LogP contribution in [0.15, 0.2) is 0 Å². The summed E-state index contributed by atoms with van der Waals surface area (Å²) in [6.45, 7) is 3.79. The topological polar surface area (TPSA) is 66.4 Å². The van der Waals surface area contributed by atoms with Crippen LogP contribution in [0.1, 0.15) is 26.7 Å². The third-order valence-corrected chi connectivity index (χ3v) is 1.64. The largest absolute Gasteiger partial charge is 0.385 e. The Hall–Kier alpha value is -0.900. The molecule has 0 spiro atoms. The first-order valence-electron chi connectivity index (χ1n) is 4.38. The summed E-state index contributed by atoms with van der Waals surface area (Å²) >= 11 is 0. The van der Waals surface area contributed by atoms with E-state index in [1.54, 1.807) is 0 Å². The summed E-state index contributed by atoms with van der Waals surface area (Å²) in [6, 6.07) is 0. The highest BCUT2D eigenvalue weighted by Gasteiger charge is 2.18. The summed E-state index contributed by atoms with van der Waals surface area (Å²) in [5, 5.41) is 11.6. The Kier molecular flexibility index (Phi) is 5.30. The first kappa shape index (κ1) is 12.1. The third kappa shape index (κ3) is 5.36. The Morgan fingerprint density at radius 2 is 1.85 bits per heavy atom. The monoisotopic (exact) mass is 187 g/mol. The Morgan fingerprint density at radius 1 is 1.31 bits per heavy atom. The Bertz CT molecular complexity index is 189. The first-order chi connectivity index (χ1) is 5.97. The molecule has 0 aliphatic heterocycles. The van der Waals surface area contributed by atoms with E-state index in [1.165, 1.54) is 7.05 Å². The molecular formula is C9H17NO3. The molecule has 1 unspecified atom stereocenters. The molecule has 0 radical (unpaired) electrons. The molecule has 0 saturated heterocycles. The van der Waals surface area contributed by atoms with Gasteiger partial charge in [-0.15, -0.1) is 0 Å². The second-order valence-corrected chi connectivity index (χ2v) is 3.46. The molecule has 0 aliphatic carbocycles. The summed E-state index contributed by atoms with van der Waals surface area (Å²) in [6.07, 6.45) is -0.970. The number of amides is 1. The summed E-state index contributed by atoms with van der Waals surface area (Å²) in [7, 11) is 1.47. The number of ketones is 1. The number of nitrogens with one attached hydrogen (secondary N) is 1. The van der Waals surface area contributed by atoms with Gasteiger partial charge in [0.25, 0.3) is 0 Å². The summed E-state index contributed by atoms with van der Waals surface area (Å²) in [5.41, 5.74) is 0. The second-order valence-electron chi connectivity index (χ2n) is 3.46. The maximum atomic E-state index is 11.2. The molecule has 0 heterocycles. The van der Waals surface area contributed by atoms with E-state index in [9.17, 15) is 14.7 Å². The van der Waals surface area contributed by atoms with E-state index in [0.29, 0.717) is 6.42 Å². The van der Waals surface area contributed by atoms with E-state index in [4.69, 9.17) is 0 Å². The Labute approximate surface area is 78.3 Å². The number of aliphatic hydroxyl groups is 1. The van der Waals surface area contributed by atoms with Crippen LogP contribution in [0.3, 0.4) is 0 Å². The standard InChI is InChI=1S/C9H17NO3/c1-6(2)4-7(11)8(12)5-9(13)10-3/h6,8,12H,4-5H2,1-3H3,(H,10,13). The van der Waals surface area contributed by atoms with E-state index in [-0.39, 0.29) is 24.0 Å². The van der Waals surface area contributed by atoms with Crippen LogP contribution >= 0.6 is 0 Å². The lowest BCUT2D eigenvalue weighted by molar-refractivity contribution is -0.133. The first-order valence-corrected chi connectivity index (χ1v) is 4.38. The van der Waals surface area contributed by atoms with Crippen molar-refractivity contribution in [3.63, 3.8) is 0 Å². The fourth-order valence-corrected chi connectivity index (χ4v) is 0.930. The Morgan fingerprint density at radius 3 is 2.23 bits per heavy atom. The molecule has 0 aromatic carbocycles. The van der Waals surface area contributed by atoms with Gasteiger partial charge in [0, 0.05) is 13.5 Å². The predicted molar refractivity (Wildman–Crippen MR) is 49.2 cm³/mol. The predicted octanol–water partition coefficient (Wildman–Crippen LogP) is 0.0986. The number of carbonyl (C=O) groups excluding carboxylic acids is 2. The van der Waals surface area contributed by atoms with E-state index >= 15 is 0 Å². The van der Waals surface area contributed by atoms with Gasteiger partial charge in [-0.25, -0.2) is 0 Å². The van der Waals surface area contributed by atoms with Gasteiger partial charge in [-0.2, -0.15) is 0 Å². The molecule has 0 rings (SSSR count). The van der Waals surface area contributed by atoms with Gasteiger partial charge in [-0.05, 0) is 5.92 Å². The summed E-state index contributed by atoms with van der Waals surface area (Å²) in [4.78, 5) is 22.0. The quantitative estimate of drug-likeness (QED) is 0.641. The average Bonchev–Trinajstić information content (AvgIpc) is 2.02. The lowest BCUT2D eigenvalue weighted by Crippen LogP contribution is -2.29. The zero-order valence-electron chi connectivity index (χ0n) is 8.33. The number of carbonyl (C=O) groups is 2. The minimum absolute atomic E-state index is 0.137. The van der Waals surface area contributed by atoms with Crippen LogP contribution in [-0.2, 0) is 9.59 Å². The molecule has 2 N–H and O–H groups in total. The molecule has 0 bridgehead atoms. The van der Waals surface area contributed by atoms with Crippen molar-refractivity contribution in [1.82, 2.24) is 5.32 Å². The van der Waals surface area contributed by atoms with Gasteiger partial charge < -0.3 is 10.4 Å². The molecule has 0 saturated carbocycles. The van der Waals surface area contributed by atoms with Crippen LogP contribution in [0.2, 0.25) is 0 Å². The van der Waals surface area contributed by atoms with Crippen molar-refractivity contribution >= 4 is 11.7 Å². The molecule has 1 atom stereocenters. The van der Waals surface area contributed by atoms with Crippen molar-refractivity contribution in [2.45, 2.75) is 32.8 Å². The molecule has 13 heavy (non-hydrogen) atoms. The van der Waals surface area contributed by atoms with Crippen LogP contribution in [0.25, 0.3) is 0 Å². The van der Waals surface area contributed by atoms with Crippen molar-refractivity contribution in [2.24, 2.45) is 5.92 Å². The SMILES string of the molecule is CNC(=O)CC(O)C(=O)CC(C)C. The minimum atomic E-state index is -1.15. The number of hydrogen-bond acceptors (Lipinski definition) is 3. The molecule has 1 amide bonds. The maximum Gasteiger partial charge on any atom is 0.222 e. The van der Waals surface area contributed by atoms with Gasteiger partial charge in [0.2, 0.25) is 5.91 Å². The van der Waals surface area contributed by atoms with Gasteiger partial charge in [-0.1, -0.05) is 13.8 Å². The van der Waals surface area contributed by atoms with Crippen LogP contribution in [-0.4, -0.2) is 29.9 Å². The molecule has 0 fully saturated rings. The highest BCUT2D eigenvalue weighted by molar-refractivity contribution is 5.88. The average molecular weight is 187 g/mol. The number of aliphatic hydroxyl groups excluding tert-OH is 1. The van der Waals surface area contributed by atoms with Crippen LogP contribution < -0.4 is 5.32 Å². The lowest BCUT2D eigenvalue weighted by atomic mass is 10.0. The van der Waals surface area contributed by atoms with E-state index in [0.717, 1.165) is 0 Å². The highest BCUT2D eigenvalue weighted by atomic mass is 16.3. The van der Waals surface area contributed by atoms with E-state index in [2.05, 4.69) is 5.32 Å². The van der Waals surface area contributed by atoms with Gasteiger partial charge >= 0.3 is 0 Å². The normalized spacial score (nSPS) is 12.7. The van der Waals surface area contributed by atoms with Gasteiger partial charge in [0.05, 0.1) is 6.42 Å². The smallest absolute Gasteiger partial charge is 0.222 e. The maximum absolute atomic E-state index is 11.2. The van der Waals surface area contributed by atoms with Crippen molar-refractivity contribution in [3.8, 4) is 0 Å². The zero-order chi connectivity index (χ0) is 10.4. The molecule has 0 aromatic heterocycles. The fourth-order valence-electron chi connectivity index (χ4n) is 0.930. The fraction of sp³-hybridized carbons (Fsp3) is 0.778. The molecular weight excluding hydrogens is 170 g/mol. The van der Waals surface area contributed by atoms with Crippen LogP contribution in [0.5, 0.6) is 0 Å². The van der Waals surface area contributed by atoms with Crippen LogP contribution in [0.4, 0.5) is 0 Å². The molecule has 0 aromatic rings. The van der Waals surface area contributed by atoms with Crippen LogP contribution in [0, 0.1) is 5.92 Å². The molecule has 76 valence electrons. The number of rotatable bonds is 5. The zero-order valence-corrected chi connectivity index (χ0v) is 8.33. The Balaban J connectivity index is 3.89. The minimum Gasteiger partial charge on any atom is -0.385 e. The summed E-state index contributed by atoms with van der Waals surface area (Å²) < 4.78 is 0. The number of Topliss-reactive ketones (excluding diaryl/α,β-unsaturated/α-hetero) is 1. The van der Waals surface area contributed by atoms with E-state index < -0.39 is 6.10 Å². The van der Waals surface area contributed by atoms with Gasteiger partial charge in [-0.3, -0.25) is 9.59 Å². The van der Waals surface area contributed by atoms with Crippen molar-refractivity contribution in [2.75, 3.05) is 7.05 Å². The van der Waals surface area contributed by atoms with Gasteiger partial charge in [0.15, 0.2) is 5.78 Å². The molecule has 4 heteroatoms. The van der Waals surface area contributed by atoms with Crippen molar-refractivity contribution in [3.05, 3.63) is 0 Å².